The molecule has 2 N–H and O–H groups in total. The first kappa shape index (κ1) is 16.3. The highest BCUT2D eigenvalue weighted by Crippen LogP contribution is 2.46. The van der Waals surface area contributed by atoms with Gasteiger partial charge in [0.05, 0.1) is 12.2 Å². The fourth-order valence-corrected chi connectivity index (χ4v) is 3.09. The first-order valence-corrected chi connectivity index (χ1v) is 8.63. The van der Waals surface area contributed by atoms with Crippen LogP contribution in [0.4, 0.5) is 0 Å². The Bertz CT molecular complexity index is 580. The summed E-state index contributed by atoms with van der Waals surface area (Å²) in [6, 6.07) is 5.79. The normalized spacial score (nSPS) is 25.1. The molecule has 2 heterocycles. The second kappa shape index (κ2) is 6.89. The highest BCUT2D eigenvalue weighted by atomic mass is 16.9. The van der Waals surface area contributed by atoms with Crippen molar-refractivity contribution in [1.29, 1.82) is 0 Å². The summed E-state index contributed by atoms with van der Waals surface area (Å²) in [5.74, 6) is 0.223. The van der Waals surface area contributed by atoms with Gasteiger partial charge in [0.15, 0.2) is 6.29 Å². The van der Waals surface area contributed by atoms with Gasteiger partial charge < -0.3 is 10.5 Å². The van der Waals surface area contributed by atoms with Crippen molar-refractivity contribution in [3.63, 3.8) is 0 Å². The Labute approximate surface area is 137 Å². The number of fused-ring (bicyclic) bond motifs is 2. The topological polar surface area (TPSA) is 66.1 Å². The summed E-state index contributed by atoms with van der Waals surface area (Å²) in [5, 5.41) is 0. The number of amidine groups is 1. The zero-order valence-corrected chi connectivity index (χ0v) is 14.0. The number of rotatable bonds is 8. The number of nitrogens with zero attached hydrogens (tertiary/aromatic N) is 1. The van der Waals surface area contributed by atoms with Gasteiger partial charge >= 0.3 is 5.91 Å². The Morgan fingerprint density at radius 3 is 2.65 bits per heavy atom. The molecule has 0 bridgehead atoms. The minimum Gasteiger partial charge on any atom is -0.494 e. The van der Waals surface area contributed by atoms with Crippen LogP contribution >= 0.6 is 0 Å². The molecule has 126 valence electrons. The highest BCUT2D eigenvalue weighted by Gasteiger charge is 2.52. The summed E-state index contributed by atoms with van der Waals surface area (Å²) in [6.07, 6.45) is 7.25. The molecule has 2 aliphatic heterocycles. The number of aliphatic imine (C=N–C) groups is 1. The van der Waals surface area contributed by atoms with Crippen molar-refractivity contribution < 1.29 is 14.2 Å². The number of ether oxygens (including phenoxy) is 3. The van der Waals surface area contributed by atoms with Crippen LogP contribution in [-0.2, 0) is 15.4 Å². The van der Waals surface area contributed by atoms with E-state index in [1.54, 1.807) is 0 Å². The van der Waals surface area contributed by atoms with Crippen LogP contribution in [0.5, 0.6) is 5.75 Å². The molecular formula is C18H26N2O3. The van der Waals surface area contributed by atoms with Crippen molar-refractivity contribution in [2.24, 2.45) is 10.7 Å². The fraction of sp³-hybridized carbons (Fsp3) is 0.611. The molecule has 5 heteroatoms. The largest absolute Gasteiger partial charge is 0.494 e. The van der Waals surface area contributed by atoms with Gasteiger partial charge in [0.25, 0.3) is 0 Å². The number of benzene rings is 1. The Hall–Kier alpha value is -1.59. The minimum absolute atomic E-state index is 0.259. The van der Waals surface area contributed by atoms with Crippen molar-refractivity contribution in [2.75, 3.05) is 6.61 Å². The second-order valence-corrected chi connectivity index (χ2v) is 6.21. The van der Waals surface area contributed by atoms with Gasteiger partial charge in [-0.25, -0.2) is 4.99 Å². The summed E-state index contributed by atoms with van der Waals surface area (Å²) < 4.78 is 17.2. The predicted octanol–water partition coefficient (Wildman–Crippen LogP) is 3.65. The van der Waals surface area contributed by atoms with Gasteiger partial charge in [0.1, 0.15) is 11.6 Å². The maximum Gasteiger partial charge on any atom is 0.305 e. The molecule has 23 heavy (non-hydrogen) atoms. The van der Waals surface area contributed by atoms with E-state index in [0.717, 1.165) is 29.9 Å². The van der Waals surface area contributed by atoms with Gasteiger partial charge in [-0.05, 0) is 31.5 Å². The summed E-state index contributed by atoms with van der Waals surface area (Å²) in [6.45, 7) is 4.80. The Balaban J connectivity index is 1.53. The Morgan fingerprint density at radius 1 is 1.17 bits per heavy atom. The van der Waals surface area contributed by atoms with Crippen molar-refractivity contribution in [3.8, 4) is 5.75 Å². The van der Waals surface area contributed by atoms with E-state index >= 15 is 0 Å². The molecule has 0 unspecified atom stereocenters. The molecule has 3 rings (SSSR count). The van der Waals surface area contributed by atoms with Crippen LogP contribution in [0.3, 0.4) is 0 Å². The molecule has 1 spiro atoms. The van der Waals surface area contributed by atoms with Gasteiger partial charge in [-0.2, -0.15) is 0 Å². The number of hydrogen-bond acceptors (Lipinski definition) is 5. The van der Waals surface area contributed by atoms with E-state index in [1.165, 1.54) is 32.1 Å². The molecule has 0 radical (unpaired) electrons. The van der Waals surface area contributed by atoms with Crippen LogP contribution in [0.1, 0.15) is 63.5 Å². The zero-order valence-electron chi connectivity index (χ0n) is 14.0. The monoisotopic (exact) mass is 318 g/mol. The number of hydrogen-bond donors (Lipinski definition) is 1. The maximum absolute atomic E-state index is 5.96. The molecule has 0 atom stereocenters. The first-order valence-electron chi connectivity index (χ1n) is 8.63. The van der Waals surface area contributed by atoms with Crippen LogP contribution in [0.2, 0.25) is 0 Å². The predicted molar refractivity (Wildman–Crippen MR) is 89.3 cm³/mol. The SMILES string of the molecule is CCCCCCCCOc1ccc2c(c1)C1(N=C2N)OC(C)O1. The minimum atomic E-state index is -1.04. The van der Waals surface area contributed by atoms with E-state index in [-0.39, 0.29) is 6.29 Å². The van der Waals surface area contributed by atoms with Crippen molar-refractivity contribution >= 4 is 5.84 Å². The lowest BCUT2D eigenvalue weighted by Crippen LogP contribution is -2.47. The average molecular weight is 318 g/mol. The van der Waals surface area contributed by atoms with E-state index < -0.39 is 5.91 Å². The molecule has 1 aromatic rings. The van der Waals surface area contributed by atoms with Crippen molar-refractivity contribution in [3.05, 3.63) is 29.3 Å². The second-order valence-electron chi connectivity index (χ2n) is 6.21. The molecule has 0 amide bonds. The van der Waals surface area contributed by atoms with E-state index in [2.05, 4.69) is 11.9 Å². The van der Waals surface area contributed by atoms with E-state index in [4.69, 9.17) is 19.9 Å². The van der Waals surface area contributed by atoms with E-state index in [9.17, 15) is 0 Å². The quantitative estimate of drug-likeness (QED) is 0.743. The molecule has 1 fully saturated rings. The smallest absolute Gasteiger partial charge is 0.305 e. The average Bonchev–Trinajstić information content (AvgIpc) is 2.79. The summed E-state index contributed by atoms with van der Waals surface area (Å²) >= 11 is 0. The van der Waals surface area contributed by atoms with Crippen molar-refractivity contribution in [1.82, 2.24) is 0 Å². The number of nitrogens with two attached hydrogens (primary N) is 1. The molecule has 0 aromatic heterocycles. The van der Waals surface area contributed by atoms with E-state index in [1.807, 2.05) is 25.1 Å². The van der Waals surface area contributed by atoms with Gasteiger partial charge in [-0.1, -0.05) is 39.0 Å². The highest BCUT2D eigenvalue weighted by molar-refractivity contribution is 6.01. The molecule has 1 aromatic carbocycles. The molecular weight excluding hydrogens is 292 g/mol. The van der Waals surface area contributed by atoms with Crippen LogP contribution in [0, 0.1) is 0 Å². The fourth-order valence-electron chi connectivity index (χ4n) is 3.09. The van der Waals surface area contributed by atoms with Gasteiger partial charge in [-0.3, -0.25) is 9.47 Å². The standard InChI is InChI=1S/C18H26N2O3/c1-3-4-5-6-7-8-11-21-14-9-10-15-16(12-14)18(20-17(15)19)22-13(2)23-18/h9-10,12-13H,3-8,11H2,1-2H3,(H2,19,20). The van der Waals surface area contributed by atoms with Crippen LogP contribution in [0.25, 0.3) is 0 Å². The first-order chi connectivity index (χ1) is 11.1. The third-order valence-electron chi connectivity index (χ3n) is 4.29. The lowest BCUT2D eigenvalue weighted by atomic mass is 10.1. The third-order valence-corrected chi connectivity index (χ3v) is 4.29. The summed E-state index contributed by atoms with van der Waals surface area (Å²) in [5.41, 5.74) is 7.66. The molecule has 0 aliphatic carbocycles. The maximum atomic E-state index is 5.96. The summed E-state index contributed by atoms with van der Waals surface area (Å²) in [7, 11) is 0. The number of unbranched alkanes of at least 4 members (excludes halogenated alkanes) is 5. The zero-order chi connectivity index (χ0) is 16.3. The van der Waals surface area contributed by atoms with Crippen LogP contribution < -0.4 is 10.5 Å². The molecule has 1 saturated heterocycles. The van der Waals surface area contributed by atoms with E-state index in [0.29, 0.717) is 5.84 Å². The molecule has 0 saturated carbocycles. The third kappa shape index (κ3) is 3.35. The lowest BCUT2D eigenvalue weighted by Gasteiger charge is -2.41. The Morgan fingerprint density at radius 2 is 1.91 bits per heavy atom. The van der Waals surface area contributed by atoms with Gasteiger partial charge in [-0.15, -0.1) is 0 Å². The van der Waals surface area contributed by atoms with Crippen molar-refractivity contribution in [2.45, 2.75) is 64.6 Å². The van der Waals surface area contributed by atoms with Crippen LogP contribution in [-0.4, -0.2) is 18.7 Å². The lowest BCUT2D eigenvalue weighted by molar-refractivity contribution is -0.451. The Kier molecular flexibility index (Phi) is 4.87. The van der Waals surface area contributed by atoms with Crippen LogP contribution in [0.15, 0.2) is 23.2 Å². The summed E-state index contributed by atoms with van der Waals surface area (Å²) in [4.78, 5) is 4.32. The van der Waals surface area contributed by atoms with Gasteiger partial charge in [0, 0.05) is 5.56 Å². The van der Waals surface area contributed by atoms with Gasteiger partial charge in [0.2, 0.25) is 0 Å². The molecule has 2 aliphatic rings. The molecule has 5 nitrogen and oxygen atoms in total.